The molecular weight excluding hydrogens is 322 g/mol. The summed E-state index contributed by atoms with van der Waals surface area (Å²) in [5, 5.41) is 11.8. The number of nitrogens with one attached hydrogen (secondary N) is 1. The number of oxime groups is 1. The maximum absolute atomic E-state index is 12.6. The van der Waals surface area contributed by atoms with Gasteiger partial charge in [-0.15, -0.1) is 0 Å². The number of aromatic nitrogens is 2. The summed E-state index contributed by atoms with van der Waals surface area (Å²) in [5.74, 6) is -0.262. The molecule has 25 heavy (non-hydrogen) atoms. The van der Waals surface area contributed by atoms with Gasteiger partial charge in [0.25, 0.3) is 5.91 Å². The molecule has 8 nitrogen and oxygen atoms in total. The van der Waals surface area contributed by atoms with Gasteiger partial charge in [-0.2, -0.15) is 5.10 Å². The van der Waals surface area contributed by atoms with Crippen molar-refractivity contribution in [1.29, 1.82) is 0 Å². The molecule has 2 aliphatic heterocycles. The topological polar surface area (TPSA) is 90.9 Å². The first kappa shape index (κ1) is 15.6. The lowest BCUT2D eigenvalue weighted by atomic mass is 10.1. The molecule has 1 aromatic carbocycles. The molecule has 0 saturated carbocycles. The zero-order valence-electron chi connectivity index (χ0n) is 13.9. The molecule has 3 heterocycles. The molecule has 8 heteroatoms. The van der Waals surface area contributed by atoms with Crippen molar-refractivity contribution >= 4 is 34.1 Å². The first-order valence-electron chi connectivity index (χ1n) is 8.39. The smallest absolute Gasteiger partial charge is 0.267 e. The van der Waals surface area contributed by atoms with E-state index in [-0.39, 0.29) is 18.4 Å². The highest BCUT2D eigenvalue weighted by atomic mass is 16.6. The zero-order valence-corrected chi connectivity index (χ0v) is 13.9. The Labute approximate surface area is 144 Å². The summed E-state index contributed by atoms with van der Waals surface area (Å²) in [6.45, 7) is 2.98. The van der Waals surface area contributed by atoms with Crippen LogP contribution in [0.4, 0.5) is 5.69 Å². The normalized spacial score (nSPS) is 20.8. The summed E-state index contributed by atoms with van der Waals surface area (Å²) in [5.41, 5.74) is 2.63. The van der Waals surface area contributed by atoms with Gasteiger partial charge in [-0.25, -0.2) is 0 Å². The molecule has 1 N–H and O–H groups in total. The number of hydrogen-bond acceptors (Lipinski definition) is 5. The van der Waals surface area contributed by atoms with Crippen LogP contribution in [0.1, 0.15) is 19.8 Å². The zero-order chi connectivity index (χ0) is 17.4. The predicted molar refractivity (Wildman–Crippen MR) is 92.2 cm³/mol. The predicted octanol–water partition coefficient (Wildman–Crippen LogP) is 1.29. The third-order valence-corrected chi connectivity index (χ3v) is 4.68. The van der Waals surface area contributed by atoms with E-state index >= 15 is 0 Å². The molecule has 0 unspecified atom stereocenters. The quantitative estimate of drug-likeness (QED) is 0.911. The van der Waals surface area contributed by atoms with Crippen molar-refractivity contribution in [2.24, 2.45) is 5.16 Å². The first-order valence-corrected chi connectivity index (χ1v) is 8.39. The van der Waals surface area contributed by atoms with Crippen LogP contribution in [0.15, 0.2) is 29.6 Å². The lowest BCUT2D eigenvalue weighted by molar-refractivity contribution is -0.145. The van der Waals surface area contributed by atoms with E-state index in [2.05, 4.69) is 15.4 Å². The van der Waals surface area contributed by atoms with E-state index in [4.69, 9.17) is 4.84 Å². The maximum atomic E-state index is 12.6. The highest BCUT2D eigenvalue weighted by Gasteiger charge is 2.35. The minimum Gasteiger partial charge on any atom is -0.382 e. The van der Waals surface area contributed by atoms with Crippen molar-refractivity contribution in [1.82, 2.24) is 15.1 Å². The number of nitrogens with zero attached hydrogens (tertiary/aromatic N) is 4. The van der Waals surface area contributed by atoms with Gasteiger partial charge >= 0.3 is 0 Å². The van der Waals surface area contributed by atoms with Crippen LogP contribution in [0.2, 0.25) is 0 Å². The molecule has 130 valence electrons. The number of piperazine rings is 1. The second-order valence-electron chi connectivity index (χ2n) is 6.26. The van der Waals surface area contributed by atoms with Crippen LogP contribution in [0.25, 0.3) is 10.9 Å². The number of aromatic amines is 1. The third kappa shape index (κ3) is 2.84. The summed E-state index contributed by atoms with van der Waals surface area (Å²) in [6.07, 6.45) is 2.43. The summed E-state index contributed by atoms with van der Waals surface area (Å²) in [6, 6.07) is 5.71. The lowest BCUT2D eigenvalue weighted by Gasteiger charge is -2.35. The number of amides is 2. The van der Waals surface area contributed by atoms with Crippen molar-refractivity contribution < 1.29 is 14.4 Å². The summed E-state index contributed by atoms with van der Waals surface area (Å²) < 4.78 is 0. The summed E-state index contributed by atoms with van der Waals surface area (Å²) in [7, 11) is 0. The average molecular weight is 341 g/mol. The lowest BCUT2D eigenvalue weighted by Crippen LogP contribution is -2.54. The number of anilines is 1. The van der Waals surface area contributed by atoms with Crippen molar-refractivity contribution in [3.63, 3.8) is 0 Å². The Kier molecular flexibility index (Phi) is 3.87. The number of H-pyrrole nitrogens is 1. The largest absolute Gasteiger partial charge is 0.382 e. The summed E-state index contributed by atoms with van der Waals surface area (Å²) in [4.78, 5) is 33.6. The molecule has 1 fully saturated rings. The number of hydrogen-bond donors (Lipinski definition) is 1. The Balaban J connectivity index is 1.43. The van der Waals surface area contributed by atoms with Gasteiger partial charge in [0.2, 0.25) is 12.0 Å². The average Bonchev–Trinajstić information content (AvgIpc) is 3.29. The van der Waals surface area contributed by atoms with Crippen LogP contribution >= 0.6 is 0 Å². The number of rotatable bonds is 3. The molecule has 0 aliphatic carbocycles. The van der Waals surface area contributed by atoms with E-state index < -0.39 is 6.10 Å². The minimum absolute atomic E-state index is 0.0591. The number of carbonyl (C=O) groups is 2. The Morgan fingerprint density at radius 1 is 1.40 bits per heavy atom. The van der Waals surface area contributed by atoms with Gasteiger partial charge in [-0.3, -0.25) is 14.7 Å². The van der Waals surface area contributed by atoms with E-state index in [1.54, 1.807) is 16.0 Å². The second kappa shape index (κ2) is 6.19. The molecule has 4 rings (SSSR count). The van der Waals surface area contributed by atoms with Crippen molar-refractivity contribution in [3.8, 4) is 0 Å². The highest BCUT2D eigenvalue weighted by Crippen LogP contribution is 2.23. The molecule has 0 spiro atoms. The van der Waals surface area contributed by atoms with Gasteiger partial charge in [0.15, 0.2) is 0 Å². The Morgan fingerprint density at radius 3 is 3.04 bits per heavy atom. The molecular formula is C17H19N5O3. The van der Waals surface area contributed by atoms with Crippen LogP contribution in [-0.2, 0) is 14.4 Å². The molecule has 1 saturated heterocycles. The van der Waals surface area contributed by atoms with Crippen molar-refractivity contribution in [2.75, 3.05) is 24.5 Å². The molecule has 2 aliphatic rings. The molecule has 2 amide bonds. The van der Waals surface area contributed by atoms with E-state index in [0.29, 0.717) is 19.5 Å². The first-order chi connectivity index (χ1) is 12.2. The van der Waals surface area contributed by atoms with Crippen LogP contribution in [0, 0.1) is 0 Å². The van der Waals surface area contributed by atoms with Gasteiger partial charge in [0.05, 0.1) is 17.4 Å². The van der Waals surface area contributed by atoms with Gasteiger partial charge in [0, 0.05) is 30.6 Å². The number of benzene rings is 1. The van der Waals surface area contributed by atoms with E-state index in [0.717, 1.165) is 28.7 Å². The number of carbonyl (C=O) groups excluding carboxylic acids is 2. The minimum atomic E-state index is -0.586. The highest BCUT2D eigenvalue weighted by molar-refractivity contribution is 6.00. The van der Waals surface area contributed by atoms with Crippen LogP contribution < -0.4 is 4.90 Å². The molecule has 1 aromatic heterocycles. The number of fused-ring (bicyclic) bond motifs is 1. The van der Waals surface area contributed by atoms with Crippen molar-refractivity contribution in [2.45, 2.75) is 25.9 Å². The Morgan fingerprint density at radius 2 is 2.28 bits per heavy atom. The molecule has 0 bridgehead atoms. The fourth-order valence-corrected chi connectivity index (χ4v) is 3.20. The molecule has 2 aromatic rings. The monoisotopic (exact) mass is 341 g/mol. The second-order valence-corrected chi connectivity index (χ2v) is 6.26. The van der Waals surface area contributed by atoms with E-state index in [9.17, 15) is 9.59 Å². The van der Waals surface area contributed by atoms with Crippen molar-refractivity contribution in [3.05, 3.63) is 24.4 Å². The fraction of sp³-hybridized carbons (Fsp3) is 0.412. The van der Waals surface area contributed by atoms with Gasteiger partial charge < -0.3 is 14.6 Å². The standard InChI is InChI=1S/C17H19N5O3/c1-2-12-8-15(25-20-12)17(24)21-5-6-22(16(23)10-21)13-3-4-14-11(7-13)9-18-19-14/h3-4,7,9,15H,2,5-6,8,10H2,1H3,(H,18,19)/t15-/m1/s1. The van der Waals surface area contributed by atoms with Gasteiger partial charge in [0.1, 0.15) is 6.54 Å². The van der Waals surface area contributed by atoms with E-state index in [1.165, 1.54) is 0 Å². The van der Waals surface area contributed by atoms with Crippen LogP contribution in [0.5, 0.6) is 0 Å². The third-order valence-electron chi connectivity index (χ3n) is 4.68. The fourth-order valence-electron chi connectivity index (χ4n) is 3.20. The van der Waals surface area contributed by atoms with Gasteiger partial charge in [-0.1, -0.05) is 12.1 Å². The SMILES string of the molecule is CCC1=NO[C@@H](C(=O)N2CCN(c3ccc4[nH]ncc4c3)C(=O)C2)C1. The summed E-state index contributed by atoms with van der Waals surface area (Å²) >= 11 is 0. The molecule has 0 radical (unpaired) electrons. The van der Waals surface area contributed by atoms with E-state index in [1.807, 2.05) is 25.1 Å². The van der Waals surface area contributed by atoms with Crippen LogP contribution in [0.3, 0.4) is 0 Å². The Bertz CT molecular complexity index is 859. The van der Waals surface area contributed by atoms with Gasteiger partial charge in [-0.05, 0) is 24.6 Å². The molecule has 1 atom stereocenters. The van der Waals surface area contributed by atoms with Crippen LogP contribution in [-0.4, -0.2) is 58.4 Å². The Hall–Kier alpha value is -2.90. The maximum Gasteiger partial charge on any atom is 0.267 e.